The Kier molecular flexibility index (Phi) is 3.66. The number of amides is 1. The van der Waals surface area contributed by atoms with Gasteiger partial charge >= 0.3 is 5.97 Å². The maximum Gasteiger partial charge on any atom is 0.337 e. The van der Waals surface area contributed by atoms with Gasteiger partial charge in [0.05, 0.1) is 11.3 Å². The van der Waals surface area contributed by atoms with Crippen molar-refractivity contribution in [3.05, 3.63) is 52.1 Å². The molecule has 0 saturated carbocycles. The van der Waals surface area contributed by atoms with Crippen molar-refractivity contribution >= 4 is 33.5 Å². The third-order valence-corrected chi connectivity index (χ3v) is 2.68. The molecule has 19 heavy (non-hydrogen) atoms. The number of halogens is 2. The van der Waals surface area contributed by atoms with Crippen LogP contribution in [0, 0.1) is 5.82 Å². The van der Waals surface area contributed by atoms with E-state index >= 15 is 0 Å². The number of rotatable bonds is 3. The fourth-order valence-corrected chi connectivity index (χ4v) is 1.73. The normalized spacial score (nSPS) is 10.2. The molecule has 0 spiro atoms. The molecule has 1 heterocycles. The summed E-state index contributed by atoms with van der Waals surface area (Å²) in [7, 11) is 0. The van der Waals surface area contributed by atoms with E-state index in [4.69, 9.17) is 9.52 Å². The van der Waals surface area contributed by atoms with Gasteiger partial charge in [-0.15, -0.1) is 0 Å². The summed E-state index contributed by atoms with van der Waals surface area (Å²) in [5.41, 5.74) is -0.342. The standard InChI is InChI=1S/C12H7BrFNO4/c13-10-4-3-9(19-10)11(16)15-8-5-6(14)1-2-7(8)12(17)18/h1-5H,(H,15,16)(H,17,18). The molecular formula is C12H7BrFNO4. The minimum atomic E-state index is -1.27. The molecular weight excluding hydrogens is 321 g/mol. The Hall–Kier alpha value is -2.15. The molecule has 0 aliphatic heterocycles. The van der Waals surface area contributed by atoms with Crippen LogP contribution in [0.2, 0.25) is 0 Å². The first-order valence-electron chi connectivity index (χ1n) is 5.07. The Morgan fingerprint density at radius 3 is 2.58 bits per heavy atom. The second-order valence-corrected chi connectivity index (χ2v) is 4.33. The Labute approximate surface area is 115 Å². The highest BCUT2D eigenvalue weighted by Crippen LogP contribution is 2.20. The van der Waals surface area contributed by atoms with Gasteiger partial charge in [-0.25, -0.2) is 9.18 Å². The number of carbonyl (C=O) groups excluding carboxylic acids is 1. The van der Waals surface area contributed by atoms with Crippen LogP contribution in [-0.2, 0) is 0 Å². The van der Waals surface area contributed by atoms with Crippen LogP contribution < -0.4 is 5.32 Å². The summed E-state index contributed by atoms with van der Waals surface area (Å²) in [5.74, 6) is -2.61. The lowest BCUT2D eigenvalue weighted by molar-refractivity contribution is 0.0698. The fraction of sp³-hybridized carbons (Fsp3) is 0. The monoisotopic (exact) mass is 327 g/mol. The number of aromatic carboxylic acids is 1. The van der Waals surface area contributed by atoms with E-state index in [1.165, 1.54) is 12.1 Å². The zero-order chi connectivity index (χ0) is 14.0. The second-order valence-electron chi connectivity index (χ2n) is 3.55. The zero-order valence-electron chi connectivity index (χ0n) is 9.31. The van der Waals surface area contributed by atoms with Crippen molar-refractivity contribution in [1.82, 2.24) is 0 Å². The van der Waals surface area contributed by atoms with E-state index in [0.717, 1.165) is 18.2 Å². The Morgan fingerprint density at radius 1 is 1.26 bits per heavy atom. The van der Waals surface area contributed by atoms with E-state index < -0.39 is 17.7 Å². The first-order valence-corrected chi connectivity index (χ1v) is 5.86. The summed E-state index contributed by atoms with van der Waals surface area (Å²) >= 11 is 3.03. The summed E-state index contributed by atoms with van der Waals surface area (Å²) in [6, 6.07) is 5.92. The molecule has 0 saturated heterocycles. The van der Waals surface area contributed by atoms with Crippen LogP contribution in [0.25, 0.3) is 0 Å². The maximum atomic E-state index is 13.1. The van der Waals surface area contributed by atoms with E-state index in [1.54, 1.807) is 0 Å². The van der Waals surface area contributed by atoms with Crippen molar-refractivity contribution in [2.75, 3.05) is 5.32 Å². The molecule has 0 unspecified atom stereocenters. The summed E-state index contributed by atoms with van der Waals surface area (Å²) in [6.07, 6.45) is 0. The molecule has 1 amide bonds. The van der Waals surface area contributed by atoms with Gasteiger partial charge in [0.1, 0.15) is 5.82 Å². The van der Waals surface area contributed by atoms with Gasteiger partial charge < -0.3 is 14.8 Å². The predicted octanol–water partition coefficient (Wildman–Crippen LogP) is 3.13. The van der Waals surface area contributed by atoms with Crippen LogP contribution in [0.5, 0.6) is 0 Å². The van der Waals surface area contributed by atoms with Gasteiger partial charge in [-0.05, 0) is 46.3 Å². The van der Waals surface area contributed by atoms with Gasteiger partial charge in [-0.3, -0.25) is 4.79 Å². The van der Waals surface area contributed by atoms with Crippen molar-refractivity contribution in [2.45, 2.75) is 0 Å². The molecule has 0 radical (unpaired) electrons. The van der Waals surface area contributed by atoms with Crippen molar-refractivity contribution in [3.63, 3.8) is 0 Å². The zero-order valence-corrected chi connectivity index (χ0v) is 10.9. The lowest BCUT2D eigenvalue weighted by atomic mass is 10.1. The number of hydrogen-bond acceptors (Lipinski definition) is 3. The van der Waals surface area contributed by atoms with E-state index in [1.807, 2.05) is 0 Å². The van der Waals surface area contributed by atoms with Crippen molar-refractivity contribution in [2.24, 2.45) is 0 Å². The third-order valence-electron chi connectivity index (χ3n) is 2.26. The van der Waals surface area contributed by atoms with Gasteiger partial charge in [0.25, 0.3) is 5.91 Å². The average Bonchev–Trinajstić information content (AvgIpc) is 2.75. The number of benzene rings is 1. The molecule has 7 heteroatoms. The lowest BCUT2D eigenvalue weighted by Gasteiger charge is -2.07. The van der Waals surface area contributed by atoms with Crippen molar-refractivity contribution in [1.29, 1.82) is 0 Å². The molecule has 0 bridgehead atoms. The molecule has 0 atom stereocenters. The van der Waals surface area contributed by atoms with Crippen LogP contribution in [0.3, 0.4) is 0 Å². The van der Waals surface area contributed by atoms with Gasteiger partial charge in [-0.2, -0.15) is 0 Å². The van der Waals surface area contributed by atoms with E-state index in [9.17, 15) is 14.0 Å². The smallest absolute Gasteiger partial charge is 0.337 e. The second kappa shape index (κ2) is 5.23. The molecule has 98 valence electrons. The molecule has 5 nitrogen and oxygen atoms in total. The molecule has 0 fully saturated rings. The highest BCUT2D eigenvalue weighted by molar-refractivity contribution is 9.10. The molecule has 1 aromatic heterocycles. The van der Waals surface area contributed by atoms with E-state index in [2.05, 4.69) is 21.2 Å². The predicted molar refractivity (Wildman–Crippen MR) is 67.7 cm³/mol. The lowest BCUT2D eigenvalue weighted by Crippen LogP contribution is -2.14. The largest absolute Gasteiger partial charge is 0.478 e. The number of furan rings is 1. The highest BCUT2D eigenvalue weighted by atomic mass is 79.9. The Bertz CT molecular complexity index is 653. The topological polar surface area (TPSA) is 79.5 Å². The summed E-state index contributed by atoms with van der Waals surface area (Å²) in [6.45, 7) is 0. The quantitative estimate of drug-likeness (QED) is 0.907. The highest BCUT2D eigenvalue weighted by Gasteiger charge is 2.16. The number of carbonyl (C=O) groups is 2. The van der Waals surface area contributed by atoms with Crippen LogP contribution in [-0.4, -0.2) is 17.0 Å². The number of carboxylic acids is 1. The minimum Gasteiger partial charge on any atom is -0.478 e. The summed E-state index contributed by atoms with van der Waals surface area (Å²) in [5, 5.41) is 11.2. The summed E-state index contributed by atoms with van der Waals surface area (Å²) in [4.78, 5) is 22.7. The van der Waals surface area contributed by atoms with Gasteiger partial charge in [0, 0.05) is 0 Å². The average molecular weight is 328 g/mol. The Balaban J connectivity index is 2.30. The first kappa shape index (κ1) is 13.3. The van der Waals surface area contributed by atoms with E-state index in [0.29, 0.717) is 4.67 Å². The molecule has 0 aliphatic carbocycles. The molecule has 2 rings (SSSR count). The SMILES string of the molecule is O=C(Nc1cc(F)ccc1C(=O)O)c1ccc(Br)o1. The molecule has 0 aliphatic rings. The van der Waals surface area contributed by atoms with Crippen LogP contribution >= 0.6 is 15.9 Å². The van der Waals surface area contributed by atoms with Gasteiger partial charge in [0.2, 0.25) is 0 Å². The van der Waals surface area contributed by atoms with Crippen LogP contribution in [0.15, 0.2) is 39.4 Å². The van der Waals surface area contributed by atoms with Gasteiger partial charge in [-0.1, -0.05) is 0 Å². The van der Waals surface area contributed by atoms with Crippen molar-refractivity contribution in [3.8, 4) is 0 Å². The molecule has 2 N–H and O–H groups in total. The first-order chi connectivity index (χ1) is 8.97. The van der Waals surface area contributed by atoms with Gasteiger partial charge in [0.15, 0.2) is 10.4 Å². The van der Waals surface area contributed by atoms with Crippen molar-refractivity contribution < 1.29 is 23.5 Å². The minimum absolute atomic E-state index is 0.0209. The van der Waals surface area contributed by atoms with Crippen LogP contribution in [0.1, 0.15) is 20.9 Å². The van der Waals surface area contributed by atoms with E-state index in [-0.39, 0.29) is 17.0 Å². The number of anilines is 1. The molecule has 2 aromatic rings. The number of hydrogen-bond donors (Lipinski definition) is 2. The maximum absolute atomic E-state index is 13.1. The third kappa shape index (κ3) is 3.00. The molecule has 1 aromatic carbocycles. The number of carboxylic acid groups (broad SMARTS) is 1. The fourth-order valence-electron chi connectivity index (χ4n) is 1.43. The Morgan fingerprint density at radius 2 is 2.00 bits per heavy atom. The number of nitrogens with one attached hydrogen (secondary N) is 1. The summed E-state index contributed by atoms with van der Waals surface area (Å²) < 4.78 is 18.5. The van der Waals surface area contributed by atoms with Crippen LogP contribution in [0.4, 0.5) is 10.1 Å².